The maximum atomic E-state index is 12.3. The fourth-order valence-corrected chi connectivity index (χ4v) is 3.49. The first-order valence-electron chi connectivity index (χ1n) is 7.79. The van der Waals surface area contributed by atoms with Crippen LogP contribution in [0.1, 0.15) is 20.8 Å². The van der Waals surface area contributed by atoms with Crippen molar-refractivity contribution in [3.05, 3.63) is 18.2 Å². The summed E-state index contributed by atoms with van der Waals surface area (Å²) in [5, 5.41) is 0. The Balaban J connectivity index is 1.98. The van der Waals surface area contributed by atoms with Crippen molar-refractivity contribution < 1.29 is 14.3 Å². The van der Waals surface area contributed by atoms with Gasteiger partial charge in [-0.2, -0.15) is 0 Å². The fraction of sp³-hybridized carbons (Fsp3) is 0.588. The van der Waals surface area contributed by atoms with Gasteiger partial charge in [-0.3, -0.25) is 4.79 Å². The number of hydrogen-bond donors (Lipinski definition) is 0. The van der Waals surface area contributed by atoms with Gasteiger partial charge in [-0.25, -0.2) is 4.31 Å². The van der Waals surface area contributed by atoms with Crippen LogP contribution < -0.4 is 9.47 Å². The van der Waals surface area contributed by atoms with E-state index in [2.05, 4.69) is 4.31 Å². The minimum Gasteiger partial charge on any atom is -0.497 e. The lowest BCUT2D eigenvalue weighted by Gasteiger charge is -2.37. The largest absolute Gasteiger partial charge is 0.497 e. The standard InChI is InChI=1S/C17H26N2O3S/c1-17(2,3)16(20)18-8-10-19(11-9-18)23-15-12-13(21-4)6-7-14(15)22-5/h6-7,12H,8-11H2,1-5H3. The molecule has 0 unspecified atom stereocenters. The van der Waals surface area contributed by atoms with E-state index in [1.165, 1.54) is 0 Å². The van der Waals surface area contributed by atoms with E-state index in [1.807, 2.05) is 43.9 Å². The lowest BCUT2D eigenvalue weighted by Crippen LogP contribution is -2.49. The monoisotopic (exact) mass is 338 g/mol. The van der Waals surface area contributed by atoms with Crippen LogP contribution in [-0.2, 0) is 4.79 Å². The van der Waals surface area contributed by atoms with Crippen LogP contribution in [0.4, 0.5) is 0 Å². The number of ether oxygens (including phenoxy) is 2. The summed E-state index contributed by atoms with van der Waals surface area (Å²) >= 11 is 1.66. The Labute approximate surface area is 143 Å². The molecule has 0 radical (unpaired) electrons. The average molecular weight is 338 g/mol. The number of nitrogens with zero attached hydrogens (tertiary/aromatic N) is 2. The van der Waals surface area contributed by atoms with Gasteiger partial charge >= 0.3 is 0 Å². The van der Waals surface area contributed by atoms with Crippen molar-refractivity contribution in [1.29, 1.82) is 0 Å². The van der Waals surface area contributed by atoms with Crippen molar-refractivity contribution in [1.82, 2.24) is 9.21 Å². The summed E-state index contributed by atoms with van der Waals surface area (Å²) in [5.74, 6) is 1.87. The molecule has 1 aliphatic heterocycles. The molecular formula is C17H26N2O3S. The Morgan fingerprint density at radius 3 is 2.26 bits per heavy atom. The van der Waals surface area contributed by atoms with Gasteiger partial charge in [0.05, 0.1) is 19.1 Å². The molecule has 1 aliphatic rings. The van der Waals surface area contributed by atoms with Crippen LogP contribution in [0.2, 0.25) is 0 Å². The topological polar surface area (TPSA) is 42.0 Å². The van der Waals surface area contributed by atoms with E-state index in [9.17, 15) is 4.79 Å². The van der Waals surface area contributed by atoms with Gasteiger partial charge in [0.1, 0.15) is 11.5 Å². The van der Waals surface area contributed by atoms with Crippen LogP contribution in [0.5, 0.6) is 11.5 Å². The third kappa shape index (κ3) is 4.54. The highest BCUT2D eigenvalue weighted by molar-refractivity contribution is 7.97. The van der Waals surface area contributed by atoms with Crippen LogP contribution in [-0.4, -0.2) is 55.5 Å². The third-order valence-corrected chi connectivity index (χ3v) is 4.90. The number of carbonyl (C=O) groups is 1. The number of hydrogen-bond acceptors (Lipinski definition) is 5. The predicted molar refractivity (Wildman–Crippen MR) is 93.0 cm³/mol. The molecule has 23 heavy (non-hydrogen) atoms. The second-order valence-electron chi connectivity index (χ2n) is 6.58. The molecule has 6 heteroatoms. The minimum absolute atomic E-state index is 0.223. The molecule has 0 N–H and O–H groups in total. The molecule has 0 atom stereocenters. The van der Waals surface area contributed by atoms with Gasteiger partial charge < -0.3 is 14.4 Å². The highest BCUT2D eigenvalue weighted by Crippen LogP contribution is 2.35. The molecule has 0 saturated carbocycles. The molecule has 0 aliphatic carbocycles. The van der Waals surface area contributed by atoms with Gasteiger partial charge in [0.2, 0.25) is 5.91 Å². The van der Waals surface area contributed by atoms with Gasteiger partial charge in [0.15, 0.2) is 0 Å². The quantitative estimate of drug-likeness (QED) is 0.790. The summed E-state index contributed by atoms with van der Waals surface area (Å²) in [5.41, 5.74) is -0.314. The van der Waals surface area contributed by atoms with E-state index < -0.39 is 0 Å². The maximum Gasteiger partial charge on any atom is 0.228 e. The molecule has 5 nitrogen and oxygen atoms in total. The van der Waals surface area contributed by atoms with Crippen LogP contribution in [0.25, 0.3) is 0 Å². The zero-order valence-electron chi connectivity index (χ0n) is 14.6. The summed E-state index contributed by atoms with van der Waals surface area (Å²) in [6.07, 6.45) is 0. The number of methoxy groups -OCH3 is 2. The Morgan fingerprint density at radius 2 is 1.74 bits per heavy atom. The minimum atomic E-state index is -0.314. The van der Waals surface area contributed by atoms with Gasteiger partial charge in [0, 0.05) is 31.6 Å². The molecule has 0 aromatic heterocycles. The molecule has 1 saturated heterocycles. The van der Waals surface area contributed by atoms with Crippen LogP contribution in [0.3, 0.4) is 0 Å². The van der Waals surface area contributed by atoms with E-state index in [1.54, 1.807) is 26.2 Å². The van der Waals surface area contributed by atoms with Crippen molar-refractivity contribution >= 4 is 17.9 Å². The maximum absolute atomic E-state index is 12.3. The van der Waals surface area contributed by atoms with Crippen molar-refractivity contribution in [3.8, 4) is 11.5 Å². The summed E-state index contributed by atoms with van der Waals surface area (Å²) in [4.78, 5) is 15.3. The summed E-state index contributed by atoms with van der Waals surface area (Å²) in [7, 11) is 3.33. The van der Waals surface area contributed by atoms with Crippen molar-refractivity contribution in [2.45, 2.75) is 25.7 Å². The van der Waals surface area contributed by atoms with E-state index in [0.29, 0.717) is 0 Å². The second-order valence-corrected chi connectivity index (χ2v) is 7.72. The van der Waals surface area contributed by atoms with E-state index in [4.69, 9.17) is 9.47 Å². The zero-order chi connectivity index (χ0) is 17.0. The number of carbonyl (C=O) groups excluding carboxylic acids is 1. The first kappa shape index (κ1) is 17.9. The second kappa shape index (κ2) is 7.45. The summed E-state index contributed by atoms with van der Waals surface area (Å²) in [6, 6.07) is 5.79. The molecule has 1 amide bonds. The van der Waals surface area contributed by atoms with Crippen LogP contribution in [0, 0.1) is 5.41 Å². The fourth-order valence-electron chi connectivity index (χ4n) is 2.45. The SMILES string of the molecule is COc1ccc(OC)c(SN2CCN(C(=O)C(C)(C)C)CC2)c1. The highest BCUT2D eigenvalue weighted by atomic mass is 32.2. The summed E-state index contributed by atoms with van der Waals surface area (Å²) in [6.45, 7) is 9.11. The summed E-state index contributed by atoms with van der Waals surface area (Å²) < 4.78 is 13.0. The van der Waals surface area contributed by atoms with E-state index >= 15 is 0 Å². The van der Waals surface area contributed by atoms with Gasteiger partial charge in [-0.15, -0.1) is 0 Å². The Hall–Kier alpha value is -1.40. The molecule has 0 spiro atoms. The molecule has 0 bridgehead atoms. The molecule has 2 rings (SSSR count). The predicted octanol–water partition coefficient (Wildman–Crippen LogP) is 2.90. The molecular weight excluding hydrogens is 312 g/mol. The normalized spacial score (nSPS) is 16.3. The van der Waals surface area contributed by atoms with Gasteiger partial charge in [0.25, 0.3) is 0 Å². The molecule has 1 heterocycles. The Bertz CT molecular complexity index is 549. The molecule has 1 aromatic rings. The number of piperazine rings is 1. The number of rotatable bonds is 4. The van der Waals surface area contributed by atoms with Gasteiger partial charge in [-0.05, 0) is 30.1 Å². The zero-order valence-corrected chi connectivity index (χ0v) is 15.4. The number of amides is 1. The highest BCUT2D eigenvalue weighted by Gasteiger charge is 2.30. The van der Waals surface area contributed by atoms with E-state index in [-0.39, 0.29) is 11.3 Å². The Morgan fingerprint density at radius 1 is 1.09 bits per heavy atom. The first-order chi connectivity index (χ1) is 10.8. The Kier molecular flexibility index (Phi) is 5.81. The first-order valence-corrected chi connectivity index (χ1v) is 8.57. The smallest absolute Gasteiger partial charge is 0.228 e. The number of benzene rings is 1. The molecule has 128 valence electrons. The van der Waals surface area contributed by atoms with Crippen molar-refractivity contribution in [3.63, 3.8) is 0 Å². The lowest BCUT2D eigenvalue weighted by molar-refractivity contribution is -0.140. The third-order valence-electron chi connectivity index (χ3n) is 3.77. The molecule has 1 aromatic carbocycles. The molecule has 1 fully saturated rings. The lowest BCUT2D eigenvalue weighted by atomic mass is 9.94. The van der Waals surface area contributed by atoms with Crippen LogP contribution >= 0.6 is 11.9 Å². The van der Waals surface area contributed by atoms with E-state index in [0.717, 1.165) is 42.6 Å². The van der Waals surface area contributed by atoms with Crippen molar-refractivity contribution in [2.24, 2.45) is 5.41 Å². The van der Waals surface area contributed by atoms with Gasteiger partial charge in [-0.1, -0.05) is 20.8 Å². The van der Waals surface area contributed by atoms with Crippen LogP contribution in [0.15, 0.2) is 23.1 Å². The van der Waals surface area contributed by atoms with Crippen molar-refractivity contribution in [2.75, 3.05) is 40.4 Å². The average Bonchev–Trinajstić information content (AvgIpc) is 2.54.